The smallest absolute Gasteiger partial charge is 0.384 e. The van der Waals surface area contributed by atoms with Crippen molar-refractivity contribution in [2.24, 2.45) is 0 Å². The van der Waals surface area contributed by atoms with Gasteiger partial charge in [-0.05, 0) is 23.8 Å². The third-order valence-corrected chi connectivity index (χ3v) is 2.85. The third-order valence-electron chi connectivity index (χ3n) is 2.62. The SMILES string of the molecule is OC(c1cccc(Cl)c1)c1cnccc1C(F)(F)F. The van der Waals surface area contributed by atoms with E-state index in [4.69, 9.17) is 11.6 Å². The second-order valence-corrected chi connectivity index (χ2v) is 4.35. The molecular weight excluding hydrogens is 279 g/mol. The Hall–Kier alpha value is -1.59. The summed E-state index contributed by atoms with van der Waals surface area (Å²) in [6, 6.07) is 6.89. The fourth-order valence-electron chi connectivity index (χ4n) is 1.74. The number of nitrogens with zero attached hydrogens (tertiary/aromatic N) is 1. The molecule has 0 aliphatic carbocycles. The summed E-state index contributed by atoms with van der Waals surface area (Å²) in [6.07, 6.45) is -3.92. The summed E-state index contributed by atoms with van der Waals surface area (Å²) in [5.41, 5.74) is -0.918. The molecule has 0 spiro atoms. The van der Waals surface area contributed by atoms with Crippen molar-refractivity contribution in [1.29, 1.82) is 0 Å². The molecule has 0 saturated carbocycles. The second-order valence-electron chi connectivity index (χ2n) is 3.92. The van der Waals surface area contributed by atoms with Gasteiger partial charge in [0.05, 0.1) is 5.56 Å². The lowest BCUT2D eigenvalue weighted by atomic mass is 9.98. The fourth-order valence-corrected chi connectivity index (χ4v) is 1.94. The first-order valence-corrected chi connectivity index (χ1v) is 5.72. The molecule has 6 heteroatoms. The molecule has 0 bridgehead atoms. The molecule has 1 N–H and O–H groups in total. The lowest BCUT2D eigenvalue weighted by Gasteiger charge is -2.17. The van der Waals surface area contributed by atoms with Crippen LogP contribution >= 0.6 is 11.6 Å². The monoisotopic (exact) mass is 287 g/mol. The molecule has 0 saturated heterocycles. The number of halogens is 4. The van der Waals surface area contributed by atoms with Crippen LogP contribution in [0, 0.1) is 0 Å². The van der Waals surface area contributed by atoms with E-state index in [1.54, 1.807) is 12.1 Å². The number of benzene rings is 1. The van der Waals surface area contributed by atoms with E-state index in [1.807, 2.05) is 0 Å². The normalized spacial score (nSPS) is 13.3. The number of rotatable bonds is 2. The number of aliphatic hydroxyl groups excluding tert-OH is 1. The van der Waals surface area contributed by atoms with Crippen LogP contribution in [0.25, 0.3) is 0 Å². The predicted octanol–water partition coefficient (Wildman–Crippen LogP) is 3.84. The number of hydrogen-bond acceptors (Lipinski definition) is 2. The Bertz CT molecular complexity index is 586. The zero-order chi connectivity index (χ0) is 14.0. The standard InChI is InChI=1S/C13H9ClF3NO/c14-9-3-1-2-8(6-9)12(19)10-7-18-5-4-11(10)13(15,16)17/h1-7,12,19H. The third kappa shape index (κ3) is 3.05. The van der Waals surface area contributed by atoms with E-state index in [0.717, 1.165) is 18.5 Å². The summed E-state index contributed by atoms with van der Waals surface area (Å²) in [6.45, 7) is 0. The zero-order valence-electron chi connectivity index (χ0n) is 9.53. The molecule has 1 heterocycles. The molecule has 0 aliphatic rings. The highest BCUT2D eigenvalue weighted by molar-refractivity contribution is 6.30. The summed E-state index contributed by atoms with van der Waals surface area (Å²) >= 11 is 5.76. The summed E-state index contributed by atoms with van der Waals surface area (Å²) in [7, 11) is 0. The van der Waals surface area contributed by atoms with Crippen molar-refractivity contribution in [3.8, 4) is 0 Å². The lowest BCUT2D eigenvalue weighted by Crippen LogP contribution is -2.13. The van der Waals surface area contributed by atoms with Gasteiger partial charge in [-0.25, -0.2) is 0 Å². The van der Waals surface area contributed by atoms with Gasteiger partial charge in [-0.3, -0.25) is 4.98 Å². The molecule has 2 rings (SSSR count). The van der Waals surface area contributed by atoms with Crippen molar-refractivity contribution in [3.05, 3.63) is 64.4 Å². The van der Waals surface area contributed by atoms with Crippen LogP contribution in [-0.2, 0) is 6.18 Å². The van der Waals surface area contributed by atoms with E-state index in [0.29, 0.717) is 5.02 Å². The minimum absolute atomic E-state index is 0.283. The molecule has 0 radical (unpaired) electrons. The van der Waals surface area contributed by atoms with Gasteiger partial charge >= 0.3 is 6.18 Å². The zero-order valence-corrected chi connectivity index (χ0v) is 10.3. The summed E-state index contributed by atoms with van der Waals surface area (Å²) in [4.78, 5) is 3.63. The highest BCUT2D eigenvalue weighted by Gasteiger charge is 2.35. The van der Waals surface area contributed by atoms with E-state index in [-0.39, 0.29) is 11.1 Å². The van der Waals surface area contributed by atoms with Crippen molar-refractivity contribution in [1.82, 2.24) is 4.98 Å². The maximum atomic E-state index is 12.8. The van der Waals surface area contributed by atoms with Gasteiger partial charge in [0.1, 0.15) is 6.10 Å². The fraction of sp³-hybridized carbons (Fsp3) is 0.154. The molecule has 1 aromatic carbocycles. The molecule has 0 fully saturated rings. The van der Waals surface area contributed by atoms with Gasteiger partial charge in [0.15, 0.2) is 0 Å². The number of hydrogen-bond donors (Lipinski definition) is 1. The maximum Gasteiger partial charge on any atom is 0.416 e. The average molecular weight is 288 g/mol. The maximum absolute atomic E-state index is 12.8. The van der Waals surface area contributed by atoms with Crippen LogP contribution in [0.3, 0.4) is 0 Å². The minimum atomic E-state index is -4.54. The Morgan fingerprint density at radius 3 is 2.58 bits per heavy atom. The van der Waals surface area contributed by atoms with Crippen molar-refractivity contribution in [3.63, 3.8) is 0 Å². The molecule has 2 nitrogen and oxygen atoms in total. The topological polar surface area (TPSA) is 33.1 Å². The first-order chi connectivity index (χ1) is 8.89. The van der Waals surface area contributed by atoms with E-state index in [1.165, 1.54) is 12.1 Å². The summed E-state index contributed by atoms with van der Waals surface area (Å²) < 4.78 is 38.5. The molecule has 100 valence electrons. The van der Waals surface area contributed by atoms with Gasteiger partial charge in [-0.2, -0.15) is 13.2 Å². The van der Waals surface area contributed by atoms with Gasteiger partial charge in [0.2, 0.25) is 0 Å². The summed E-state index contributed by atoms with van der Waals surface area (Å²) in [5, 5.41) is 10.4. The van der Waals surface area contributed by atoms with Crippen molar-refractivity contribution < 1.29 is 18.3 Å². The van der Waals surface area contributed by atoms with Crippen LogP contribution in [0.4, 0.5) is 13.2 Å². The van der Waals surface area contributed by atoms with E-state index < -0.39 is 17.8 Å². The molecule has 0 aliphatic heterocycles. The van der Waals surface area contributed by atoms with Crippen molar-refractivity contribution in [2.75, 3.05) is 0 Å². The lowest BCUT2D eigenvalue weighted by molar-refractivity contribution is -0.139. The number of aliphatic hydroxyl groups is 1. The first-order valence-electron chi connectivity index (χ1n) is 5.34. The Morgan fingerprint density at radius 1 is 1.21 bits per heavy atom. The predicted molar refractivity (Wildman–Crippen MR) is 64.8 cm³/mol. The molecule has 1 atom stereocenters. The largest absolute Gasteiger partial charge is 0.416 e. The van der Waals surface area contributed by atoms with Gasteiger partial charge < -0.3 is 5.11 Å². The molecule has 19 heavy (non-hydrogen) atoms. The van der Waals surface area contributed by atoms with Crippen molar-refractivity contribution >= 4 is 11.6 Å². The molecular formula is C13H9ClF3NO. The molecule has 1 aromatic heterocycles. The van der Waals surface area contributed by atoms with Crippen LogP contribution in [0.15, 0.2) is 42.7 Å². The molecule has 1 unspecified atom stereocenters. The Morgan fingerprint density at radius 2 is 1.95 bits per heavy atom. The van der Waals surface area contributed by atoms with Crippen LogP contribution in [-0.4, -0.2) is 10.1 Å². The number of pyridine rings is 1. The highest BCUT2D eigenvalue weighted by atomic mass is 35.5. The van der Waals surface area contributed by atoms with Crippen LogP contribution in [0.5, 0.6) is 0 Å². The average Bonchev–Trinajstić information content (AvgIpc) is 2.37. The Labute approximate surface area is 112 Å². The van der Waals surface area contributed by atoms with E-state index in [9.17, 15) is 18.3 Å². The summed E-state index contributed by atoms with van der Waals surface area (Å²) in [5.74, 6) is 0. The van der Waals surface area contributed by atoms with E-state index in [2.05, 4.69) is 4.98 Å². The van der Waals surface area contributed by atoms with Crippen LogP contribution < -0.4 is 0 Å². The van der Waals surface area contributed by atoms with Crippen LogP contribution in [0.2, 0.25) is 5.02 Å². The number of alkyl halides is 3. The molecule has 0 amide bonds. The van der Waals surface area contributed by atoms with Crippen molar-refractivity contribution in [2.45, 2.75) is 12.3 Å². The second kappa shape index (κ2) is 5.19. The van der Waals surface area contributed by atoms with E-state index >= 15 is 0 Å². The molecule has 2 aromatic rings. The quantitative estimate of drug-likeness (QED) is 0.910. The minimum Gasteiger partial charge on any atom is -0.384 e. The van der Waals surface area contributed by atoms with Gasteiger partial charge in [-0.1, -0.05) is 23.7 Å². The number of aromatic nitrogens is 1. The van der Waals surface area contributed by atoms with Crippen LogP contribution in [0.1, 0.15) is 22.8 Å². The van der Waals surface area contributed by atoms with Gasteiger partial charge in [0.25, 0.3) is 0 Å². The van der Waals surface area contributed by atoms with Gasteiger partial charge in [0, 0.05) is 23.0 Å². The Balaban J connectivity index is 2.48. The first kappa shape index (κ1) is 13.8. The Kier molecular flexibility index (Phi) is 3.78. The highest BCUT2D eigenvalue weighted by Crippen LogP contribution is 2.36. The van der Waals surface area contributed by atoms with Gasteiger partial charge in [-0.15, -0.1) is 0 Å².